The number of hydrogen-bond acceptors (Lipinski definition) is 5. The van der Waals surface area contributed by atoms with Gasteiger partial charge in [-0.2, -0.15) is 0 Å². The summed E-state index contributed by atoms with van der Waals surface area (Å²) in [5.74, 6) is 0. The number of para-hydroxylation sites is 1. The van der Waals surface area contributed by atoms with E-state index in [2.05, 4.69) is 53.4 Å². The third kappa shape index (κ3) is 2.94. The molecule has 4 aromatic rings. The van der Waals surface area contributed by atoms with Gasteiger partial charge < -0.3 is 9.32 Å². The minimum atomic E-state index is -0.327. The average Bonchev–Trinajstić information content (AvgIpc) is 3.30. The van der Waals surface area contributed by atoms with Crippen molar-refractivity contribution in [3.05, 3.63) is 129 Å². The fourth-order valence-corrected chi connectivity index (χ4v) is 6.17. The van der Waals surface area contributed by atoms with Crippen LogP contribution in [0, 0.1) is 0 Å². The number of benzene rings is 3. The Kier molecular flexibility index (Phi) is 4.39. The second-order valence-corrected chi connectivity index (χ2v) is 9.55. The zero-order valence-electron chi connectivity index (χ0n) is 18.3. The summed E-state index contributed by atoms with van der Waals surface area (Å²) in [5.41, 5.74) is 7.83. The Bertz CT molecular complexity index is 1610. The first-order valence-corrected chi connectivity index (χ1v) is 12.3. The molecule has 3 aliphatic rings. The molecule has 1 atom stereocenters. The molecule has 4 nitrogen and oxygen atoms in total. The van der Waals surface area contributed by atoms with Gasteiger partial charge in [0.1, 0.15) is 5.58 Å². The summed E-state index contributed by atoms with van der Waals surface area (Å²) in [4.78, 5) is 20.5. The third-order valence-electron chi connectivity index (χ3n) is 6.81. The summed E-state index contributed by atoms with van der Waals surface area (Å²) < 4.78 is 5.69. The van der Waals surface area contributed by atoms with Gasteiger partial charge in [-0.05, 0) is 41.7 Å². The third-order valence-corrected chi connectivity index (χ3v) is 7.65. The standard InChI is InChI=1S/C29H20N2O2S/c32-28-23(16-20-11-5-7-13-25(20)33-28)24-17-34-29-30-26-21-12-6-4-8-18(21)14-15-22(26)27(31(24)29)19-9-2-1-3-10-19/h1-13,16-17,27H,14-15H2. The molecule has 1 aromatic heterocycles. The molecule has 7 rings (SSSR count). The van der Waals surface area contributed by atoms with Crippen LogP contribution in [-0.4, -0.2) is 10.1 Å². The average molecular weight is 461 g/mol. The van der Waals surface area contributed by atoms with Crippen molar-refractivity contribution in [2.45, 2.75) is 18.9 Å². The molecular formula is C29H20N2O2S. The van der Waals surface area contributed by atoms with Crippen molar-refractivity contribution in [2.24, 2.45) is 4.99 Å². The highest BCUT2D eigenvalue weighted by atomic mass is 32.2. The largest absolute Gasteiger partial charge is 0.422 e. The van der Waals surface area contributed by atoms with Crippen molar-refractivity contribution in [1.82, 2.24) is 4.90 Å². The molecular weight excluding hydrogens is 440 g/mol. The maximum absolute atomic E-state index is 13.1. The fourth-order valence-electron chi connectivity index (χ4n) is 5.25. The first kappa shape index (κ1) is 19.6. The zero-order valence-corrected chi connectivity index (χ0v) is 19.1. The van der Waals surface area contributed by atoms with Gasteiger partial charge in [0.05, 0.1) is 23.0 Å². The van der Waals surface area contributed by atoms with E-state index in [0.29, 0.717) is 11.1 Å². The highest BCUT2D eigenvalue weighted by molar-refractivity contribution is 8.16. The molecule has 3 heterocycles. The maximum Gasteiger partial charge on any atom is 0.345 e. The predicted molar refractivity (Wildman–Crippen MR) is 138 cm³/mol. The molecule has 0 fully saturated rings. The molecule has 0 radical (unpaired) electrons. The predicted octanol–water partition coefficient (Wildman–Crippen LogP) is 6.61. The van der Waals surface area contributed by atoms with Gasteiger partial charge in [0.25, 0.3) is 0 Å². The summed E-state index contributed by atoms with van der Waals surface area (Å²) in [5, 5.41) is 3.85. The van der Waals surface area contributed by atoms with Crippen LogP contribution in [0.5, 0.6) is 0 Å². The van der Waals surface area contributed by atoms with Gasteiger partial charge in [-0.3, -0.25) is 0 Å². The van der Waals surface area contributed by atoms with Crippen LogP contribution >= 0.6 is 11.8 Å². The van der Waals surface area contributed by atoms with Crippen molar-refractivity contribution in [1.29, 1.82) is 0 Å². The monoisotopic (exact) mass is 460 g/mol. The van der Waals surface area contributed by atoms with Crippen molar-refractivity contribution in [3.8, 4) is 0 Å². The van der Waals surface area contributed by atoms with Crippen LogP contribution < -0.4 is 5.63 Å². The lowest BCUT2D eigenvalue weighted by Crippen LogP contribution is -2.35. The molecule has 1 unspecified atom stereocenters. The molecule has 1 aliphatic carbocycles. The molecule has 0 bridgehead atoms. The highest BCUT2D eigenvalue weighted by Gasteiger charge is 2.41. The second-order valence-electron chi connectivity index (χ2n) is 8.71. The van der Waals surface area contributed by atoms with E-state index in [0.717, 1.165) is 34.8 Å². The van der Waals surface area contributed by atoms with E-state index in [1.54, 1.807) is 11.8 Å². The van der Waals surface area contributed by atoms with Crippen LogP contribution in [0.4, 0.5) is 0 Å². The molecule has 2 aliphatic heterocycles. The van der Waals surface area contributed by atoms with Crippen LogP contribution in [0.2, 0.25) is 0 Å². The van der Waals surface area contributed by atoms with Crippen LogP contribution in [0.1, 0.15) is 34.7 Å². The van der Waals surface area contributed by atoms with Crippen molar-refractivity contribution in [3.63, 3.8) is 0 Å². The number of hydrogen-bond donors (Lipinski definition) is 0. The topological polar surface area (TPSA) is 45.8 Å². The Morgan fingerprint density at radius 1 is 0.882 bits per heavy atom. The van der Waals surface area contributed by atoms with Crippen LogP contribution in [-0.2, 0) is 6.42 Å². The minimum Gasteiger partial charge on any atom is -0.422 e. The Balaban J connectivity index is 1.43. The molecule has 3 aromatic carbocycles. The van der Waals surface area contributed by atoms with Gasteiger partial charge in [0.15, 0.2) is 5.17 Å². The van der Waals surface area contributed by atoms with Gasteiger partial charge in [0.2, 0.25) is 0 Å². The van der Waals surface area contributed by atoms with E-state index in [4.69, 9.17) is 9.41 Å². The van der Waals surface area contributed by atoms with Gasteiger partial charge in [-0.15, -0.1) is 0 Å². The first-order chi connectivity index (χ1) is 16.8. The van der Waals surface area contributed by atoms with Crippen molar-refractivity contribution in [2.75, 3.05) is 0 Å². The molecule has 5 heteroatoms. The number of thioether (sulfide) groups is 1. The Hall–Kier alpha value is -3.83. The highest BCUT2D eigenvalue weighted by Crippen LogP contribution is 2.51. The SMILES string of the molecule is O=c1oc2ccccc2cc1C1=CSC2=NC3=C(CCc4ccccc43)C(c3ccccc3)N12. The normalized spacial score (nSPS) is 18.8. The summed E-state index contributed by atoms with van der Waals surface area (Å²) in [6.07, 6.45) is 1.92. The molecule has 164 valence electrons. The van der Waals surface area contributed by atoms with Gasteiger partial charge in [-0.1, -0.05) is 84.6 Å². The van der Waals surface area contributed by atoms with Gasteiger partial charge >= 0.3 is 5.63 Å². The fraction of sp³-hybridized carbons (Fsp3) is 0.103. The Labute approximate surface area is 200 Å². The van der Waals surface area contributed by atoms with E-state index < -0.39 is 0 Å². The molecule has 0 N–H and O–H groups in total. The van der Waals surface area contributed by atoms with Gasteiger partial charge in [0, 0.05) is 16.4 Å². The second kappa shape index (κ2) is 7.61. The zero-order chi connectivity index (χ0) is 22.6. The Morgan fingerprint density at radius 2 is 1.68 bits per heavy atom. The van der Waals surface area contributed by atoms with Crippen molar-refractivity contribution < 1.29 is 4.42 Å². The minimum absolute atomic E-state index is 0.0239. The molecule has 0 amide bonds. The summed E-state index contributed by atoms with van der Waals surface area (Å²) >= 11 is 1.57. The van der Waals surface area contributed by atoms with E-state index >= 15 is 0 Å². The molecule has 34 heavy (non-hydrogen) atoms. The molecule has 0 saturated carbocycles. The summed E-state index contributed by atoms with van der Waals surface area (Å²) in [7, 11) is 0. The number of rotatable bonds is 2. The smallest absolute Gasteiger partial charge is 0.345 e. The van der Waals surface area contributed by atoms with Crippen LogP contribution in [0.15, 0.2) is 110 Å². The molecule has 0 saturated heterocycles. The van der Waals surface area contributed by atoms with E-state index in [1.807, 2.05) is 41.8 Å². The summed E-state index contributed by atoms with van der Waals surface area (Å²) in [6, 6.07) is 28.7. The number of fused-ring (bicyclic) bond motifs is 4. The number of amidine groups is 1. The number of aliphatic imine (C=N–C) groups is 1. The molecule has 0 spiro atoms. The van der Waals surface area contributed by atoms with Crippen molar-refractivity contribution >= 4 is 39.3 Å². The number of nitrogens with zero attached hydrogens (tertiary/aromatic N) is 2. The Morgan fingerprint density at radius 3 is 2.59 bits per heavy atom. The van der Waals surface area contributed by atoms with E-state index in [9.17, 15) is 4.79 Å². The van der Waals surface area contributed by atoms with Crippen LogP contribution in [0.3, 0.4) is 0 Å². The first-order valence-electron chi connectivity index (χ1n) is 11.4. The van der Waals surface area contributed by atoms with Gasteiger partial charge in [-0.25, -0.2) is 9.79 Å². The van der Waals surface area contributed by atoms with E-state index in [-0.39, 0.29) is 11.7 Å². The quantitative estimate of drug-likeness (QED) is 0.316. The van der Waals surface area contributed by atoms with E-state index in [1.165, 1.54) is 22.3 Å². The lowest BCUT2D eigenvalue weighted by atomic mass is 9.82. The maximum atomic E-state index is 13.1. The lowest BCUT2D eigenvalue weighted by molar-refractivity contribution is 0.469. The number of aryl methyl sites for hydroxylation is 1. The summed E-state index contributed by atoms with van der Waals surface area (Å²) in [6.45, 7) is 0. The van der Waals surface area contributed by atoms with Crippen LogP contribution in [0.25, 0.3) is 22.4 Å². The lowest BCUT2D eigenvalue weighted by Gasteiger charge is -2.39.